The van der Waals surface area contributed by atoms with Gasteiger partial charge in [0.15, 0.2) is 0 Å². The molecule has 1 aromatic rings. The van der Waals surface area contributed by atoms with Crippen molar-refractivity contribution in [1.82, 2.24) is 19.7 Å². The first-order valence-corrected chi connectivity index (χ1v) is 10.4. The molecule has 0 unspecified atom stereocenters. The highest BCUT2D eigenvalue weighted by Gasteiger charge is 2.54. The van der Waals surface area contributed by atoms with E-state index in [0.29, 0.717) is 18.0 Å². The van der Waals surface area contributed by atoms with Crippen LogP contribution >= 0.6 is 0 Å². The van der Waals surface area contributed by atoms with Crippen LogP contribution in [-0.2, 0) is 4.79 Å². The number of likely N-dealkylation sites (tertiary alicyclic amines) is 3. The van der Waals surface area contributed by atoms with E-state index in [1.165, 1.54) is 0 Å². The molecule has 0 aliphatic carbocycles. The summed E-state index contributed by atoms with van der Waals surface area (Å²) in [6, 6.07) is 3.81. The molecule has 2 amide bonds. The molecule has 27 heavy (non-hydrogen) atoms. The summed E-state index contributed by atoms with van der Waals surface area (Å²) in [6.45, 7) is 7.34. The number of aromatic nitrogens is 1. The van der Waals surface area contributed by atoms with Gasteiger partial charge >= 0.3 is 0 Å². The third kappa shape index (κ3) is 3.24. The molecule has 0 N–H and O–H groups in total. The Morgan fingerprint density at radius 1 is 1.04 bits per heavy atom. The molecule has 4 rings (SSSR count). The summed E-state index contributed by atoms with van der Waals surface area (Å²) in [5, 5.41) is 0. The van der Waals surface area contributed by atoms with Gasteiger partial charge in [-0.2, -0.15) is 0 Å². The lowest BCUT2D eigenvalue weighted by Crippen LogP contribution is -2.50. The van der Waals surface area contributed by atoms with Crippen LogP contribution in [0.15, 0.2) is 24.5 Å². The summed E-state index contributed by atoms with van der Waals surface area (Å²) in [5.41, 5.74) is 0.373. The van der Waals surface area contributed by atoms with E-state index >= 15 is 0 Å². The van der Waals surface area contributed by atoms with Crippen LogP contribution in [0, 0.1) is 5.41 Å². The molecular weight excluding hydrogens is 340 g/mol. The van der Waals surface area contributed by atoms with Crippen molar-refractivity contribution in [3.63, 3.8) is 0 Å². The average Bonchev–Trinajstić information content (AvgIpc) is 3.32. The van der Waals surface area contributed by atoms with Crippen molar-refractivity contribution in [2.75, 3.05) is 39.3 Å². The minimum atomic E-state index is -0.312. The van der Waals surface area contributed by atoms with Gasteiger partial charge in [0.05, 0.1) is 5.41 Å². The van der Waals surface area contributed by atoms with E-state index < -0.39 is 0 Å². The van der Waals surface area contributed by atoms with Gasteiger partial charge in [0.25, 0.3) is 5.91 Å². The minimum absolute atomic E-state index is 0.0594. The normalized spacial score (nSPS) is 28.9. The Morgan fingerprint density at radius 3 is 2.44 bits per heavy atom. The summed E-state index contributed by atoms with van der Waals surface area (Å²) in [5.74, 6) is 0.406. The fraction of sp³-hybridized carbons (Fsp3) is 0.667. The van der Waals surface area contributed by atoms with Crippen LogP contribution in [0.1, 0.15) is 49.4 Å². The monoisotopic (exact) mass is 370 g/mol. The Labute approximate surface area is 161 Å². The molecule has 3 aliphatic rings. The number of hydrogen-bond donors (Lipinski definition) is 0. The van der Waals surface area contributed by atoms with E-state index in [0.717, 1.165) is 64.8 Å². The second-order valence-electron chi connectivity index (χ2n) is 8.12. The van der Waals surface area contributed by atoms with Crippen molar-refractivity contribution < 1.29 is 9.59 Å². The van der Waals surface area contributed by atoms with E-state index in [4.69, 9.17) is 0 Å². The number of nitrogens with zero attached hydrogens (tertiary/aromatic N) is 4. The van der Waals surface area contributed by atoms with Crippen molar-refractivity contribution in [2.45, 2.75) is 45.1 Å². The van der Waals surface area contributed by atoms with Crippen molar-refractivity contribution in [3.05, 3.63) is 30.1 Å². The highest BCUT2D eigenvalue weighted by atomic mass is 16.2. The fourth-order valence-corrected chi connectivity index (χ4v) is 5.34. The molecule has 146 valence electrons. The zero-order valence-corrected chi connectivity index (χ0v) is 16.3. The third-order valence-electron chi connectivity index (χ3n) is 6.86. The molecule has 0 bridgehead atoms. The van der Waals surface area contributed by atoms with Gasteiger partial charge in [-0.3, -0.25) is 19.5 Å². The number of rotatable bonds is 3. The molecule has 6 nitrogen and oxygen atoms in total. The molecule has 0 aromatic carbocycles. The highest BCUT2D eigenvalue weighted by molar-refractivity contribution is 5.94. The quantitative estimate of drug-likeness (QED) is 0.817. The number of pyridine rings is 1. The highest BCUT2D eigenvalue weighted by Crippen LogP contribution is 2.45. The molecule has 0 saturated carbocycles. The Balaban J connectivity index is 1.57. The van der Waals surface area contributed by atoms with E-state index in [1.54, 1.807) is 24.5 Å². The van der Waals surface area contributed by atoms with Crippen LogP contribution in [0.5, 0.6) is 0 Å². The first-order chi connectivity index (χ1) is 13.2. The van der Waals surface area contributed by atoms with Gasteiger partial charge in [0.1, 0.15) is 0 Å². The maximum atomic E-state index is 13.6. The minimum Gasteiger partial charge on any atom is -0.342 e. The van der Waals surface area contributed by atoms with E-state index in [-0.39, 0.29) is 17.4 Å². The van der Waals surface area contributed by atoms with Gasteiger partial charge in [-0.15, -0.1) is 0 Å². The van der Waals surface area contributed by atoms with Crippen LogP contribution in [0.25, 0.3) is 0 Å². The molecular formula is C21H30N4O2. The molecule has 3 saturated heterocycles. The molecule has 6 heteroatoms. The summed E-state index contributed by atoms with van der Waals surface area (Å²) in [7, 11) is 0. The van der Waals surface area contributed by atoms with Crippen LogP contribution in [-0.4, -0.2) is 76.8 Å². The zero-order chi connectivity index (χ0) is 18.9. The summed E-state index contributed by atoms with van der Waals surface area (Å²) >= 11 is 0. The van der Waals surface area contributed by atoms with Gasteiger partial charge in [-0.05, 0) is 57.3 Å². The Bertz CT molecular complexity index is 689. The number of hydrogen-bond acceptors (Lipinski definition) is 4. The van der Waals surface area contributed by atoms with Crippen LogP contribution in [0.2, 0.25) is 0 Å². The van der Waals surface area contributed by atoms with Gasteiger partial charge < -0.3 is 9.80 Å². The average molecular weight is 370 g/mol. The zero-order valence-electron chi connectivity index (χ0n) is 16.3. The number of carbonyl (C=O) groups is 2. The Kier molecular flexibility index (Phi) is 5.17. The molecule has 4 heterocycles. The van der Waals surface area contributed by atoms with Gasteiger partial charge in [0, 0.05) is 50.2 Å². The maximum absolute atomic E-state index is 13.6. The fourth-order valence-electron chi connectivity index (χ4n) is 5.34. The van der Waals surface area contributed by atoms with Crippen molar-refractivity contribution in [3.8, 4) is 0 Å². The standard InChI is InChI=1S/C21H30N4O2/c1-2-23-15-8-21(20(27)25-12-3-4-13-25)9-16-24(14-7-18(21)23)19(26)17-5-10-22-11-6-17/h5-6,10-11,18H,2-4,7-9,12-16H2,1H3/t18-,21-/m0/s1. The number of carbonyl (C=O) groups excluding carboxylic acids is 2. The molecule has 1 aromatic heterocycles. The summed E-state index contributed by atoms with van der Waals surface area (Å²) in [6.07, 6.45) is 8.16. The third-order valence-corrected chi connectivity index (χ3v) is 6.86. The lowest BCUT2D eigenvalue weighted by Gasteiger charge is -2.38. The van der Waals surface area contributed by atoms with Gasteiger partial charge in [0.2, 0.25) is 5.91 Å². The number of fused-ring (bicyclic) bond motifs is 1. The van der Waals surface area contributed by atoms with Gasteiger partial charge in [-0.25, -0.2) is 0 Å². The van der Waals surface area contributed by atoms with Crippen molar-refractivity contribution >= 4 is 11.8 Å². The molecule has 3 fully saturated rings. The van der Waals surface area contributed by atoms with E-state index in [9.17, 15) is 9.59 Å². The summed E-state index contributed by atoms with van der Waals surface area (Å²) in [4.78, 5) is 37.0. The predicted octanol–water partition coefficient (Wildman–Crippen LogP) is 2.02. The van der Waals surface area contributed by atoms with Crippen LogP contribution < -0.4 is 0 Å². The Hall–Kier alpha value is -1.95. The summed E-state index contributed by atoms with van der Waals surface area (Å²) < 4.78 is 0. The lowest BCUT2D eigenvalue weighted by molar-refractivity contribution is -0.143. The lowest BCUT2D eigenvalue weighted by atomic mass is 9.75. The second-order valence-corrected chi connectivity index (χ2v) is 8.12. The van der Waals surface area contributed by atoms with Gasteiger partial charge in [-0.1, -0.05) is 6.92 Å². The topological polar surface area (TPSA) is 56.8 Å². The van der Waals surface area contributed by atoms with Crippen molar-refractivity contribution in [2.24, 2.45) is 5.41 Å². The molecule has 0 spiro atoms. The first kappa shape index (κ1) is 18.4. The molecule has 2 atom stereocenters. The predicted molar refractivity (Wildman–Crippen MR) is 103 cm³/mol. The van der Waals surface area contributed by atoms with E-state index in [2.05, 4.69) is 21.7 Å². The maximum Gasteiger partial charge on any atom is 0.253 e. The smallest absolute Gasteiger partial charge is 0.253 e. The van der Waals surface area contributed by atoms with Crippen LogP contribution in [0.4, 0.5) is 0 Å². The molecule has 3 aliphatic heterocycles. The SMILES string of the molecule is CCN1CC[C@]2(C(=O)N3CCCC3)CCN(C(=O)c3ccncc3)CC[C@H]12. The molecule has 0 radical (unpaired) electrons. The first-order valence-electron chi connectivity index (χ1n) is 10.4. The van der Waals surface area contributed by atoms with Crippen molar-refractivity contribution in [1.29, 1.82) is 0 Å². The second kappa shape index (κ2) is 7.58. The number of amides is 2. The van der Waals surface area contributed by atoms with E-state index in [1.807, 2.05) is 4.90 Å². The Morgan fingerprint density at radius 2 is 1.74 bits per heavy atom. The largest absolute Gasteiger partial charge is 0.342 e. The van der Waals surface area contributed by atoms with Crippen LogP contribution in [0.3, 0.4) is 0 Å².